The summed E-state index contributed by atoms with van der Waals surface area (Å²) in [6.07, 6.45) is 2.30. The second-order valence-corrected chi connectivity index (χ2v) is 4.82. The second kappa shape index (κ2) is 4.92. The molecule has 1 saturated heterocycles. The number of rotatable bonds is 3. The standard InChI is InChI=1S/C13H14N4O3/c1-8-15-12(20-16-8)9-2-4-14-11(6-9)17-5-3-10(7-17)13(18)19/h2,4,6,10H,3,5,7H2,1H3,(H,18,19)/t10-/m0/s1. The van der Waals surface area contributed by atoms with Crippen LogP contribution in [0.2, 0.25) is 0 Å². The van der Waals surface area contributed by atoms with Crippen molar-refractivity contribution in [2.75, 3.05) is 18.0 Å². The van der Waals surface area contributed by atoms with Crippen LogP contribution < -0.4 is 4.90 Å². The molecule has 7 nitrogen and oxygen atoms in total. The van der Waals surface area contributed by atoms with Crippen LogP contribution in [0.4, 0.5) is 5.82 Å². The van der Waals surface area contributed by atoms with Crippen molar-refractivity contribution >= 4 is 11.8 Å². The fourth-order valence-corrected chi connectivity index (χ4v) is 2.31. The fraction of sp³-hybridized carbons (Fsp3) is 0.385. The van der Waals surface area contributed by atoms with Gasteiger partial charge in [-0.25, -0.2) is 4.98 Å². The smallest absolute Gasteiger partial charge is 0.308 e. The van der Waals surface area contributed by atoms with Gasteiger partial charge in [0.25, 0.3) is 5.89 Å². The minimum atomic E-state index is -0.754. The quantitative estimate of drug-likeness (QED) is 0.903. The molecule has 1 aliphatic rings. The molecule has 0 saturated carbocycles. The van der Waals surface area contributed by atoms with Gasteiger partial charge in [-0.15, -0.1) is 0 Å². The Morgan fingerprint density at radius 2 is 2.40 bits per heavy atom. The lowest BCUT2D eigenvalue weighted by Gasteiger charge is -2.16. The van der Waals surface area contributed by atoms with Crippen molar-refractivity contribution < 1.29 is 14.4 Å². The molecule has 1 fully saturated rings. The fourth-order valence-electron chi connectivity index (χ4n) is 2.31. The molecule has 0 bridgehead atoms. The van der Waals surface area contributed by atoms with Crippen LogP contribution >= 0.6 is 0 Å². The van der Waals surface area contributed by atoms with E-state index >= 15 is 0 Å². The molecule has 1 N–H and O–H groups in total. The summed E-state index contributed by atoms with van der Waals surface area (Å²) in [5, 5.41) is 12.8. The topological polar surface area (TPSA) is 92.4 Å². The molecule has 3 rings (SSSR count). The Bertz CT molecular complexity index is 640. The zero-order valence-corrected chi connectivity index (χ0v) is 11.0. The Kier molecular flexibility index (Phi) is 3.09. The van der Waals surface area contributed by atoms with Gasteiger partial charge in [0.1, 0.15) is 5.82 Å². The summed E-state index contributed by atoms with van der Waals surface area (Å²) >= 11 is 0. The Morgan fingerprint density at radius 1 is 1.55 bits per heavy atom. The molecule has 0 amide bonds. The van der Waals surface area contributed by atoms with Gasteiger partial charge in [0.05, 0.1) is 5.92 Å². The van der Waals surface area contributed by atoms with Crippen LogP contribution in [0.25, 0.3) is 11.5 Å². The first kappa shape index (κ1) is 12.6. The molecular formula is C13H14N4O3. The van der Waals surface area contributed by atoms with Gasteiger partial charge in [-0.3, -0.25) is 4.79 Å². The third-order valence-corrected chi connectivity index (χ3v) is 3.38. The Morgan fingerprint density at radius 3 is 3.05 bits per heavy atom. The molecule has 0 radical (unpaired) electrons. The van der Waals surface area contributed by atoms with Gasteiger partial charge in [-0.05, 0) is 25.5 Å². The largest absolute Gasteiger partial charge is 0.481 e. The maximum Gasteiger partial charge on any atom is 0.308 e. The summed E-state index contributed by atoms with van der Waals surface area (Å²) in [5.74, 6) is 0.676. The number of carboxylic acid groups (broad SMARTS) is 1. The van der Waals surface area contributed by atoms with E-state index in [1.54, 1.807) is 19.2 Å². The minimum Gasteiger partial charge on any atom is -0.481 e. The lowest BCUT2D eigenvalue weighted by atomic mass is 10.1. The summed E-state index contributed by atoms with van der Waals surface area (Å²) in [5.41, 5.74) is 0.786. The van der Waals surface area contributed by atoms with Gasteiger partial charge in [-0.2, -0.15) is 4.98 Å². The van der Waals surface area contributed by atoms with Crippen molar-refractivity contribution in [3.63, 3.8) is 0 Å². The van der Waals surface area contributed by atoms with Crippen LogP contribution in [0.15, 0.2) is 22.9 Å². The summed E-state index contributed by atoms with van der Waals surface area (Å²) in [4.78, 5) is 21.4. The van der Waals surface area contributed by atoms with Crippen LogP contribution in [0.3, 0.4) is 0 Å². The monoisotopic (exact) mass is 274 g/mol. The van der Waals surface area contributed by atoms with E-state index in [-0.39, 0.29) is 5.92 Å². The van der Waals surface area contributed by atoms with E-state index in [1.165, 1.54) is 0 Å². The predicted molar refractivity (Wildman–Crippen MR) is 70.2 cm³/mol. The van der Waals surface area contributed by atoms with Crippen molar-refractivity contribution in [2.45, 2.75) is 13.3 Å². The number of aliphatic carboxylic acids is 1. The minimum absolute atomic E-state index is 0.328. The number of carboxylic acids is 1. The van der Waals surface area contributed by atoms with Gasteiger partial charge in [-0.1, -0.05) is 5.16 Å². The Hall–Kier alpha value is -2.44. The van der Waals surface area contributed by atoms with Crippen LogP contribution in [-0.4, -0.2) is 39.3 Å². The van der Waals surface area contributed by atoms with Gasteiger partial charge in [0.15, 0.2) is 5.82 Å². The molecule has 0 aromatic carbocycles. The van der Waals surface area contributed by atoms with Crippen molar-refractivity contribution in [3.05, 3.63) is 24.2 Å². The van der Waals surface area contributed by atoms with E-state index in [0.29, 0.717) is 31.2 Å². The molecule has 0 spiro atoms. The van der Waals surface area contributed by atoms with Crippen LogP contribution in [0, 0.1) is 12.8 Å². The van der Waals surface area contributed by atoms with E-state index in [9.17, 15) is 4.79 Å². The highest BCUT2D eigenvalue weighted by atomic mass is 16.5. The summed E-state index contributed by atoms with van der Waals surface area (Å²) in [6.45, 7) is 2.93. The third-order valence-electron chi connectivity index (χ3n) is 3.38. The van der Waals surface area contributed by atoms with Crippen LogP contribution in [0.1, 0.15) is 12.2 Å². The molecule has 104 valence electrons. The first-order valence-corrected chi connectivity index (χ1v) is 6.38. The molecule has 0 unspecified atom stereocenters. The number of anilines is 1. The van der Waals surface area contributed by atoms with E-state index in [0.717, 1.165) is 11.4 Å². The zero-order valence-electron chi connectivity index (χ0n) is 11.0. The summed E-state index contributed by atoms with van der Waals surface area (Å²) in [6, 6.07) is 3.64. The van der Waals surface area contributed by atoms with Crippen LogP contribution in [0.5, 0.6) is 0 Å². The number of hydrogen-bond donors (Lipinski definition) is 1. The predicted octanol–water partition coefficient (Wildman–Crippen LogP) is 1.35. The molecule has 2 aromatic rings. The number of nitrogens with zero attached hydrogens (tertiary/aromatic N) is 4. The first-order chi connectivity index (χ1) is 9.63. The zero-order chi connectivity index (χ0) is 14.1. The normalized spacial score (nSPS) is 18.4. The number of aryl methyl sites for hydroxylation is 1. The molecule has 2 aromatic heterocycles. The molecule has 7 heteroatoms. The molecular weight excluding hydrogens is 260 g/mol. The maximum atomic E-state index is 11.0. The Balaban J connectivity index is 1.83. The highest BCUT2D eigenvalue weighted by molar-refractivity contribution is 5.72. The molecule has 1 aliphatic heterocycles. The number of carbonyl (C=O) groups is 1. The Labute approximate surface area is 115 Å². The highest BCUT2D eigenvalue weighted by Crippen LogP contribution is 2.26. The summed E-state index contributed by atoms with van der Waals surface area (Å²) < 4.78 is 5.13. The second-order valence-electron chi connectivity index (χ2n) is 4.82. The van der Waals surface area contributed by atoms with Crippen molar-refractivity contribution in [2.24, 2.45) is 5.92 Å². The SMILES string of the molecule is Cc1noc(-c2ccnc(N3CC[C@H](C(=O)O)C3)c2)n1. The number of hydrogen-bond acceptors (Lipinski definition) is 6. The van der Waals surface area contributed by atoms with Crippen molar-refractivity contribution in [1.82, 2.24) is 15.1 Å². The van der Waals surface area contributed by atoms with Crippen molar-refractivity contribution in [1.29, 1.82) is 0 Å². The van der Waals surface area contributed by atoms with Gasteiger partial charge in [0, 0.05) is 24.8 Å². The van der Waals surface area contributed by atoms with Crippen molar-refractivity contribution in [3.8, 4) is 11.5 Å². The maximum absolute atomic E-state index is 11.0. The molecule has 1 atom stereocenters. The van der Waals surface area contributed by atoms with E-state index in [4.69, 9.17) is 9.63 Å². The average Bonchev–Trinajstić information content (AvgIpc) is 3.07. The van der Waals surface area contributed by atoms with Gasteiger partial charge >= 0.3 is 5.97 Å². The molecule has 20 heavy (non-hydrogen) atoms. The highest BCUT2D eigenvalue weighted by Gasteiger charge is 2.28. The number of pyridine rings is 1. The van der Waals surface area contributed by atoms with E-state index < -0.39 is 5.97 Å². The number of aromatic nitrogens is 3. The molecule has 0 aliphatic carbocycles. The van der Waals surface area contributed by atoms with Crippen LogP contribution in [-0.2, 0) is 4.79 Å². The summed E-state index contributed by atoms with van der Waals surface area (Å²) in [7, 11) is 0. The average molecular weight is 274 g/mol. The van der Waals surface area contributed by atoms with E-state index in [2.05, 4.69) is 15.1 Å². The lowest BCUT2D eigenvalue weighted by Crippen LogP contribution is -2.23. The lowest BCUT2D eigenvalue weighted by molar-refractivity contribution is -0.140. The first-order valence-electron chi connectivity index (χ1n) is 6.38. The van der Waals surface area contributed by atoms with E-state index in [1.807, 2.05) is 11.0 Å². The molecule has 3 heterocycles. The van der Waals surface area contributed by atoms with Gasteiger partial charge < -0.3 is 14.5 Å². The third kappa shape index (κ3) is 2.34. The van der Waals surface area contributed by atoms with Gasteiger partial charge in [0.2, 0.25) is 0 Å².